The molecule has 1 aliphatic rings. The number of halogens is 1. The molecule has 4 rings (SSSR count). The van der Waals surface area contributed by atoms with E-state index in [0.717, 1.165) is 37.4 Å². The Morgan fingerprint density at radius 2 is 1.82 bits per heavy atom. The predicted octanol–water partition coefficient (Wildman–Crippen LogP) is 4.33. The number of amides is 1. The van der Waals surface area contributed by atoms with Gasteiger partial charge in [0.15, 0.2) is 16.8 Å². The van der Waals surface area contributed by atoms with Crippen molar-refractivity contribution in [3.63, 3.8) is 0 Å². The van der Waals surface area contributed by atoms with E-state index >= 15 is 0 Å². The molecule has 1 aromatic heterocycles. The molecule has 3 aromatic rings. The SMILES string of the molecule is CC(=O)c1cccc(NC(=O)CSc2nnc(CN3CCCCC3)n2-c2ccc(F)cc2)c1. The number of ketones is 1. The molecule has 1 aliphatic heterocycles. The van der Waals surface area contributed by atoms with Gasteiger partial charge in [0.2, 0.25) is 5.91 Å². The third-order valence-corrected chi connectivity index (χ3v) is 6.41. The van der Waals surface area contributed by atoms with E-state index < -0.39 is 0 Å². The number of hydrogen-bond donors (Lipinski definition) is 1. The van der Waals surface area contributed by atoms with E-state index in [1.807, 2.05) is 4.57 Å². The highest BCUT2D eigenvalue weighted by atomic mass is 32.2. The third-order valence-electron chi connectivity index (χ3n) is 5.48. The number of likely N-dealkylation sites (tertiary alicyclic amines) is 1. The largest absolute Gasteiger partial charge is 0.325 e. The van der Waals surface area contributed by atoms with E-state index in [2.05, 4.69) is 20.4 Å². The Bertz CT molecular complexity index is 1130. The summed E-state index contributed by atoms with van der Waals surface area (Å²) in [5.74, 6) is 0.292. The third kappa shape index (κ3) is 6.06. The lowest BCUT2D eigenvalue weighted by atomic mass is 10.1. The molecule has 9 heteroatoms. The number of carbonyl (C=O) groups is 2. The van der Waals surface area contributed by atoms with Gasteiger partial charge in [-0.1, -0.05) is 30.3 Å². The number of hydrogen-bond acceptors (Lipinski definition) is 6. The van der Waals surface area contributed by atoms with Crippen LogP contribution in [0.15, 0.2) is 53.7 Å². The van der Waals surface area contributed by atoms with Gasteiger partial charge in [-0.2, -0.15) is 0 Å². The Morgan fingerprint density at radius 3 is 2.55 bits per heavy atom. The number of benzene rings is 2. The maximum Gasteiger partial charge on any atom is 0.234 e. The van der Waals surface area contributed by atoms with Crippen molar-refractivity contribution in [3.8, 4) is 5.69 Å². The molecular weight excluding hydrogens is 441 g/mol. The van der Waals surface area contributed by atoms with Gasteiger partial charge >= 0.3 is 0 Å². The van der Waals surface area contributed by atoms with Gasteiger partial charge in [0.05, 0.1) is 12.3 Å². The van der Waals surface area contributed by atoms with E-state index in [9.17, 15) is 14.0 Å². The van der Waals surface area contributed by atoms with Crippen LogP contribution in [0.4, 0.5) is 10.1 Å². The molecule has 0 radical (unpaired) electrons. The van der Waals surface area contributed by atoms with Crippen LogP contribution in [0.25, 0.3) is 5.69 Å². The fourth-order valence-electron chi connectivity index (χ4n) is 3.81. The van der Waals surface area contributed by atoms with Crippen LogP contribution in [0.1, 0.15) is 42.4 Å². The minimum atomic E-state index is -0.314. The lowest BCUT2D eigenvalue weighted by molar-refractivity contribution is -0.113. The number of piperidine rings is 1. The van der Waals surface area contributed by atoms with Crippen molar-refractivity contribution in [1.82, 2.24) is 19.7 Å². The minimum absolute atomic E-state index is 0.0610. The quantitative estimate of drug-likeness (QED) is 0.393. The second-order valence-electron chi connectivity index (χ2n) is 8.02. The van der Waals surface area contributed by atoms with E-state index in [-0.39, 0.29) is 23.3 Å². The summed E-state index contributed by atoms with van der Waals surface area (Å²) < 4.78 is 15.4. The van der Waals surface area contributed by atoms with Gasteiger partial charge in [-0.15, -0.1) is 10.2 Å². The lowest BCUT2D eigenvalue weighted by Crippen LogP contribution is -2.30. The van der Waals surface area contributed by atoms with E-state index in [1.54, 1.807) is 36.4 Å². The van der Waals surface area contributed by atoms with Gasteiger partial charge < -0.3 is 5.32 Å². The first kappa shape index (κ1) is 23.1. The molecule has 7 nitrogen and oxygen atoms in total. The Labute approximate surface area is 196 Å². The minimum Gasteiger partial charge on any atom is -0.325 e. The van der Waals surface area contributed by atoms with Crippen molar-refractivity contribution in [2.75, 3.05) is 24.2 Å². The fraction of sp³-hybridized carbons (Fsp3) is 0.333. The number of carbonyl (C=O) groups excluding carboxylic acids is 2. The van der Waals surface area contributed by atoms with E-state index in [1.165, 1.54) is 37.2 Å². The molecule has 2 heterocycles. The van der Waals surface area contributed by atoms with E-state index in [4.69, 9.17) is 0 Å². The van der Waals surface area contributed by atoms with Crippen LogP contribution in [-0.4, -0.2) is 50.2 Å². The molecule has 1 fully saturated rings. The highest BCUT2D eigenvalue weighted by Crippen LogP contribution is 2.24. The average Bonchev–Trinajstić information content (AvgIpc) is 3.21. The summed E-state index contributed by atoms with van der Waals surface area (Å²) in [6, 6.07) is 13.0. The molecular formula is C24H26FN5O2S. The van der Waals surface area contributed by atoms with Crippen LogP contribution in [0.3, 0.4) is 0 Å². The Balaban J connectivity index is 1.49. The molecule has 1 N–H and O–H groups in total. The van der Waals surface area contributed by atoms with Crippen molar-refractivity contribution < 1.29 is 14.0 Å². The molecule has 0 spiro atoms. The number of aromatic nitrogens is 3. The van der Waals surface area contributed by atoms with Gasteiger partial charge in [-0.05, 0) is 69.3 Å². The standard InChI is InChI=1S/C24H26FN5O2S/c1-17(31)18-6-5-7-20(14-18)26-23(32)16-33-24-28-27-22(15-29-12-3-2-4-13-29)30(24)21-10-8-19(25)9-11-21/h5-11,14H,2-4,12-13,15-16H2,1H3,(H,26,32). The first-order chi connectivity index (χ1) is 16.0. The zero-order valence-electron chi connectivity index (χ0n) is 18.5. The van der Waals surface area contributed by atoms with Gasteiger partial charge in [-0.25, -0.2) is 4.39 Å². The lowest BCUT2D eigenvalue weighted by Gasteiger charge is -2.26. The molecule has 0 unspecified atom stereocenters. The Hall–Kier alpha value is -3.04. The maximum absolute atomic E-state index is 13.5. The molecule has 2 aromatic carbocycles. The normalized spacial score (nSPS) is 14.2. The van der Waals surface area contributed by atoms with Crippen LogP contribution in [-0.2, 0) is 11.3 Å². The molecule has 172 valence electrons. The van der Waals surface area contributed by atoms with Crippen molar-refractivity contribution in [3.05, 3.63) is 65.7 Å². The van der Waals surface area contributed by atoms with Gasteiger partial charge in [0.25, 0.3) is 0 Å². The molecule has 0 aliphatic carbocycles. The second kappa shape index (κ2) is 10.7. The summed E-state index contributed by atoms with van der Waals surface area (Å²) in [4.78, 5) is 26.5. The highest BCUT2D eigenvalue weighted by molar-refractivity contribution is 7.99. The Kier molecular flexibility index (Phi) is 7.51. The monoisotopic (exact) mass is 467 g/mol. The summed E-state index contributed by atoms with van der Waals surface area (Å²) in [6.45, 7) is 4.16. The second-order valence-corrected chi connectivity index (χ2v) is 8.96. The smallest absolute Gasteiger partial charge is 0.234 e. The molecule has 1 amide bonds. The molecule has 0 bridgehead atoms. The molecule has 33 heavy (non-hydrogen) atoms. The number of nitrogens with one attached hydrogen (secondary N) is 1. The summed E-state index contributed by atoms with van der Waals surface area (Å²) in [7, 11) is 0. The van der Waals surface area contributed by atoms with E-state index in [0.29, 0.717) is 23.0 Å². The van der Waals surface area contributed by atoms with Crippen LogP contribution in [0.5, 0.6) is 0 Å². The number of rotatable bonds is 8. The molecule has 0 saturated carbocycles. The number of thioether (sulfide) groups is 1. The Morgan fingerprint density at radius 1 is 1.06 bits per heavy atom. The van der Waals surface area contributed by atoms with Crippen LogP contribution < -0.4 is 5.32 Å². The summed E-state index contributed by atoms with van der Waals surface area (Å²) >= 11 is 1.26. The van der Waals surface area contributed by atoms with Crippen LogP contribution >= 0.6 is 11.8 Å². The highest BCUT2D eigenvalue weighted by Gasteiger charge is 2.19. The topological polar surface area (TPSA) is 80.1 Å². The van der Waals surface area contributed by atoms with Crippen molar-refractivity contribution >= 4 is 29.1 Å². The average molecular weight is 468 g/mol. The molecule has 1 saturated heterocycles. The van der Waals surface area contributed by atoms with Gasteiger partial charge in [-0.3, -0.25) is 19.1 Å². The first-order valence-corrected chi connectivity index (χ1v) is 11.9. The van der Waals surface area contributed by atoms with Crippen molar-refractivity contribution in [2.45, 2.75) is 37.9 Å². The first-order valence-electron chi connectivity index (χ1n) is 11.0. The molecule has 0 atom stereocenters. The van der Waals surface area contributed by atoms with Crippen LogP contribution in [0, 0.1) is 5.82 Å². The summed E-state index contributed by atoms with van der Waals surface area (Å²) in [5, 5.41) is 12.1. The van der Waals surface area contributed by atoms with Crippen molar-refractivity contribution in [2.24, 2.45) is 0 Å². The summed E-state index contributed by atoms with van der Waals surface area (Å²) in [6.07, 6.45) is 3.57. The number of anilines is 1. The zero-order valence-corrected chi connectivity index (χ0v) is 19.3. The van der Waals surface area contributed by atoms with Crippen LogP contribution in [0.2, 0.25) is 0 Å². The fourth-order valence-corrected chi connectivity index (χ4v) is 4.58. The van der Waals surface area contributed by atoms with Gasteiger partial charge in [0, 0.05) is 16.9 Å². The maximum atomic E-state index is 13.5. The zero-order chi connectivity index (χ0) is 23.2. The van der Waals surface area contributed by atoms with Crippen molar-refractivity contribution in [1.29, 1.82) is 0 Å². The number of nitrogens with zero attached hydrogens (tertiary/aromatic N) is 4. The number of Topliss-reactive ketones (excluding diaryl/α,β-unsaturated/α-hetero) is 1. The van der Waals surface area contributed by atoms with Gasteiger partial charge in [0.1, 0.15) is 5.82 Å². The summed E-state index contributed by atoms with van der Waals surface area (Å²) in [5.41, 5.74) is 1.86. The predicted molar refractivity (Wildman–Crippen MR) is 126 cm³/mol.